The molecule has 0 aliphatic heterocycles. The van der Waals surface area contributed by atoms with Gasteiger partial charge in [-0.15, -0.1) is 0 Å². The summed E-state index contributed by atoms with van der Waals surface area (Å²) in [6, 6.07) is 1.84. The van der Waals surface area contributed by atoms with Crippen molar-refractivity contribution in [2.24, 2.45) is 0 Å². The number of ether oxygens (including phenoxy) is 1. The van der Waals surface area contributed by atoms with Crippen molar-refractivity contribution >= 4 is 12.1 Å². The Morgan fingerprint density at radius 3 is 2.60 bits per heavy atom. The molecule has 1 amide bonds. The fourth-order valence-corrected chi connectivity index (χ4v) is 1.97. The molecule has 2 rings (SSSR count). The Morgan fingerprint density at radius 2 is 2.10 bits per heavy atom. The van der Waals surface area contributed by atoms with Gasteiger partial charge in [0.2, 0.25) is 0 Å². The number of nitrogens with one attached hydrogen (secondary N) is 1. The molecule has 0 spiro atoms. The van der Waals surface area contributed by atoms with Crippen LogP contribution in [0.5, 0.6) is 0 Å². The third-order valence-electron chi connectivity index (χ3n) is 3.00. The van der Waals surface area contributed by atoms with Crippen LogP contribution < -0.4 is 0 Å². The molecule has 6 heteroatoms. The van der Waals surface area contributed by atoms with E-state index in [-0.39, 0.29) is 18.3 Å². The van der Waals surface area contributed by atoms with Crippen LogP contribution in [0.15, 0.2) is 12.3 Å². The maximum Gasteiger partial charge on any atom is 0.410 e. The molecule has 0 bridgehead atoms. The fourth-order valence-electron chi connectivity index (χ4n) is 1.97. The first kappa shape index (κ1) is 14.4. The van der Waals surface area contributed by atoms with E-state index in [4.69, 9.17) is 9.84 Å². The number of carbonyl (C=O) groups is 2. The van der Waals surface area contributed by atoms with E-state index in [9.17, 15) is 9.59 Å². The van der Waals surface area contributed by atoms with Gasteiger partial charge >= 0.3 is 12.1 Å². The third-order valence-corrected chi connectivity index (χ3v) is 3.00. The largest absolute Gasteiger partial charge is 0.477 e. The fraction of sp³-hybridized carbons (Fsp3) is 0.571. The maximum atomic E-state index is 12.2. The maximum absolute atomic E-state index is 12.2. The van der Waals surface area contributed by atoms with Crippen LogP contribution in [0.2, 0.25) is 0 Å². The molecule has 6 nitrogen and oxygen atoms in total. The Morgan fingerprint density at radius 1 is 1.45 bits per heavy atom. The van der Waals surface area contributed by atoms with E-state index in [2.05, 4.69) is 4.98 Å². The van der Waals surface area contributed by atoms with Crippen LogP contribution >= 0.6 is 0 Å². The summed E-state index contributed by atoms with van der Waals surface area (Å²) >= 11 is 0. The summed E-state index contributed by atoms with van der Waals surface area (Å²) in [4.78, 5) is 27.6. The zero-order valence-electron chi connectivity index (χ0n) is 12.0. The van der Waals surface area contributed by atoms with Gasteiger partial charge in [0, 0.05) is 17.8 Å². The third kappa shape index (κ3) is 3.53. The number of amides is 1. The van der Waals surface area contributed by atoms with Crippen LogP contribution in [0, 0.1) is 0 Å². The van der Waals surface area contributed by atoms with Gasteiger partial charge in [-0.25, -0.2) is 9.59 Å². The van der Waals surface area contributed by atoms with Crippen LogP contribution in [-0.4, -0.2) is 38.7 Å². The molecule has 1 aromatic heterocycles. The number of carboxylic acids is 1. The van der Waals surface area contributed by atoms with Gasteiger partial charge in [-0.1, -0.05) is 0 Å². The highest BCUT2D eigenvalue weighted by Crippen LogP contribution is 2.30. The summed E-state index contributed by atoms with van der Waals surface area (Å²) in [5.74, 6) is -1.02. The average Bonchev–Trinajstić information content (AvgIpc) is 3.01. The van der Waals surface area contributed by atoms with Crippen LogP contribution in [0.1, 0.15) is 49.7 Å². The number of aromatic amines is 1. The van der Waals surface area contributed by atoms with Gasteiger partial charge in [-0.2, -0.15) is 0 Å². The van der Waals surface area contributed by atoms with Gasteiger partial charge in [0.05, 0.1) is 6.54 Å². The first-order valence-corrected chi connectivity index (χ1v) is 6.67. The summed E-state index contributed by atoms with van der Waals surface area (Å²) in [6.45, 7) is 5.70. The number of rotatable bonds is 4. The standard InChI is InChI=1S/C14H20N2O4/c1-14(2,3)20-13(19)16(10-4-5-10)8-9-6-7-15-11(9)12(17)18/h6-7,10,15H,4-5,8H2,1-3H3,(H,17,18). The number of aromatic carboxylic acids is 1. The average molecular weight is 280 g/mol. The van der Waals surface area contributed by atoms with Gasteiger partial charge in [-0.05, 0) is 39.7 Å². The number of H-pyrrole nitrogens is 1. The number of nitrogens with zero attached hydrogens (tertiary/aromatic N) is 1. The van der Waals surface area contributed by atoms with E-state index in [1.54, 1.807) is 17.2 Å². The SMILES string of the molecule is CC(C)(C)OC(=O)N(Cc1cc[nH]c1C(=O)O)C1CC1. The molecule has 1 heterocycles. The number of hydrogen-bond donors (Lipinski definition) is 2. The highest BCUT2D eigenvalue weighted by Gasteiger charge is 2.35. The molecular formula is C14H20N2O4. The minimum Gasteiger partial charge on any atom is -0.477 e. The van der Waals surface area contributed by atoms with Crippen molar-refractivity contribution in [3.63, 3.8) is 0 Å². The molecule has 110 valence electrons. The normalized spacial score (nSPS) is 14.9. The highest BCUT2D eigenvalue weighted by molar-refractivity contribution is 5.87. The predicted molar refractivity (Wildman–Crippen MR) is 72.6 cm³/mol. The Kier molecular flexibility index (Phi) is 3.74. The molecular weight excluding hydrogens is 260 g/mol. The predicted octanol–water partition coefficient (Wildman–Crippen LogP) is 2.61. The van der Waals surface area contributed by atoms with Crippen molar-refractivity contribution in [1.82, 2.24) is 9.88 Å². The van der Waals surface area contributed by atoms with Crippen LogP contribution in [-0.2, 0) is 11.3 Å². The van der Waals surface area contributed by atoms with E-state index in [0.717, 1.165) is 12.8 Å². The lowest BCUT2D eigenvalue weighted by Gasteiger charge is -2.27. The van der Waals surface area contributed by atoms with Gasteiger partial charge in [0.15, 0.2) is 0 Å². The molecule has 1 aliphatic rings. The zero-order valence-corrected chi connectivity index (χ0v) is 12.0. The van der Waals surface area contributed by atoms with Crippen molar-refractivity contribution in [2.45, 2.75) is 51.8 Å². The van der Waals surface area contributed by atoms with E-state index in [1.807, 2.05) is 20.8 Å². The number of carbonyl (C=O) groups excluding carboxylic acids is 1. The van der Waals surface area contributed by atoms with Crippen molar-refractivity contribution in [3.05, 3.63) is 23.5 Å². The molecule has 0 unspecified atom stereocenters. The van der Waals surface area contributed by atoms with E-state index < -0.39 is 17.7 Å². The summed E-state index contributed by atoms with van der Waals surface area (Å²) in [7, 11) is 0. The van der Waals surface area contributed by atoms with Crippen molar-refractivity contribution in [1.29, 1.82) is 0 Å². The Balaban J connectivity index is 2.12. The first-order chi connectivity index (χ1) is 9.28. The highest BCUT2D eigenvalue weighted by atomic mass is 16.6. The topological polar surface area (TPSA) is 82.6 Å². The van der Waals surface area contributed by atoms with Crippen LogP contribution in [0.25, 0.3) is 0 Å². The molecule has 2 N–H and O–H groups in total. The van der Waals surface area contributed by atoms with Gasteiger partial charge < -0.3 is 19.7 Å². The molecule has 20 heavy (non-hydrogen) atoms. The monoisotopic (exact) mass is 280 g/mol. The molecule has 0 radical (unpaired) electrons. The lowest BCUT2D eigenvalue weighted by molar-refractivity contribution is 0.0214. The minimum atomic E-state index is -1.02. The number of carboxylic acid groups (broad SMARTS) is 1. The zero-order chi connectivity index (χ0) is 14.9. The smallest absolute Gasteiger partial charge is 0.410 e. The van der Waals surface area contributed by atoms with E-state index in [0.29, 0.717) is 5.56 Å². The molecule has 0 saturated heterocycles. The molecule has 1 aromatic rings. The minimum absolute atomic E-state index is 0.124. The lowest BCUT2D eigenvalue weighted by atomic mass is 10.2. The summed E-state index contributed by atoms with van der Waals surface area (Å²) in [6.07, 6.45) is 3.05. The van der Waals surface area contributed by atoms with Crippen LogP contribution in [0.4, 0.5) is 4.79 Å². The summed E-state index contributed by atoms with van der Waals surface area (Å²) in [5, 5.41) is 9.08. The summed E-state index contributed by atoms with van der Waals surface area (Å²) in [5.41, 5.74) is 0.160. The van der Waals surface area contributed by atoms with Crippen molar-refractivity contribution < 1.29 is 19.4 Å². The van der Waals surface area contributed by atoms with E-state index in [1.165, 1.54) is 0 Å². The number of hydrogen-bond acceptors (Lipinski definition) is 3. The second-order valence-corrected chi connectivity index (χ2v) is 6.02. The first-order valence-electron chi connectivity index (χ1n) is 6.67. The van der Waals surface area contributed by atoms with Crippen molar-refractivity contribution in [3.8, 4) is 0 Å². The Bertz CT molecular complexity index is 511. The second kappa shape index (κ2) is 5.19. The Labute approximate surface area is 117 Å². The molecule has 0 aromatic carbocycles. The number of aromatic nitrogens is 1. The molecule has 1 aliphatic carbocycles. The van der Waals surface area contributed by atoms with Gasteiger partial charge in [0.1, 0.15) is 11.3 Å². The van der Waals surface area contributed by atoms with E-state index >= 15 is 0 Å². The molecule has 0 atom stereocenters. The van der Waals surface area contributed by atoms with Crippen molar-refractivity contribution in [2.75, 3.05) is 0 Å². The Hall–Kier alpha value is -1.98. The van der Waals surface area contributed by atoms with Gasteiger partial charge in [-0.3, -0.25) is 0 Å². The second-order valence-electron chi connectivity index (χ2n) is 6.02. The molecule has 1 saturated carbocycles. The van der Waals surface area contributed by atoms with Crippen LogP contribution in [0.3, 0.4) is 0 Å². The lowest BCUT2D eigenvalue weighted by Crippen LogP contribution is -2.38. The quantitative estimate of drug-likeness (QED) is 0.888. The summed E-state index contributed by atoms with van der Waals surface area (Å²) < 4.78 is 5.38. The molecule has 1 fully saturated rings. The van der Waals surface area contributed by atoms with Gasteiger partial charge in [0.25, 0.3) is 0 Å².